The van der Waals surface area contributed by atoms with Gasteiger partial charge in [0.05, 0.1) is 17.9 Å². The second-order valence-electron chi connectivity index (χ2n) is 5.81. The van der Waals surface area contributed by atoms with Crippen LogP contribution < -0.4 is 5.32 Å². The molecule has 1 amide bonds. The first kappa shape index (κ1) is 17.7. The minimum absolute atomic E-state index is 0.122. The molecule has 1 aliphatic rings. The van der Waals surface area contributed by atoms with Crippen molar-refractivity contribution in [1.29, 1.82) is 0 Å². The Kier molecular flexibility index (Phi) is 6.39. The van der Waals surface area contributed by atoms with Gasteiger partial charge in [-0.05, 0) is 50.5 Å². The molecule has 1 aliphatic carbocycles. The van der Waals surface area contributed by atoms with E-state index in [1.807, 2.05) is 50.3 Å². The third-order valence-electron chi connectivity index (χ3n) is 4.08. The molecule has 23 heavy (non-hydrogen) atoms. The van der Waals surface area contributed by atoms with Crippen LogP contribution in [0.3, 0.4) is 0 Å². The highest BCUT2D eigenvalue weighted by Crippen LogP contribution is 2.29. The number of nitrogens with one attached hydrogen (secondary N) is 1. The monoisotopic (exact) mass is 379 g/mol. The highest BCUT2D eigenvalue weighted by atomic mass is 79.9. The summed E-state index contributed by atoms with van der Waals surface area (Å²) in [4.78, 5) is 24.9. The van der Waals surface area contributed by atoms with Gasteiger partial charge in [0, 0.05) is 10.2 Å². The van der Waals surface area contributed by atoms with Gasteiger partial charge in [0.15, 0.2) is 0 Å². The lowest BCUT2D eigenvalue weighted by atomic mass is 9.82. The molecule has 5 heteroatoms. The number of hydrogen-bond acceptors (Lipinski definition) is 3. The number of benzene rings is 1. The van der Waals surface area contributed by atoms with E-state index in [0.29, 0.717) is 12.8 Å². The summed E-state index contributed by atoms with van der Waals surface area (Å²) in [6, 6.07) is 7.39. The predicted octanol–water partition coefficient (Wildman–Crippen LogP) is 4.31. The van der Waals surface area contributed by atoms with Gasteiger partial charge in [-0.3, -0.25) is 9.59 Å². The van der Waals surface area contributed by atoms with Crippen LogP contribution in [0.15, 0.2) is 40.9 Å². The van der Waals surface area contributed by atoms with Gasteiger partial charge < -0.3 is 10.1 Å². The van der Waals surface area contributed by atoms with Crippen LogP contribution in [0.25, 0.3) is 0 Å². The Bertz CT molecular complexity index is 582. The molecule has 0 fully saturated rings. The predicted molar refractivity (Wildman–Crippen MR) is 94.0 cm³/mol. The van der Waals surface area contributed by atoms with Crippen molar-refractivity contribution in [2.75, 3.05) is 5.32 Å². The quantitative estimate of drug-likeness (QED) is 0.612. The Hall–Kier alpha value is -1.62. The van der Waals surface area contributed by atoms with Crippen molar-refractivity contribution in [3.8, 4) is 0 Å². The summed E-state index contributed by atoms with van der Waals surface area (Å²) >= 11 is 3.36. The number of carbonyl (C=O) groups excluding carboxylic acids is 2. The van der Waals surface area contributed by atoms with Gasteiger partial charge in [-0.1, -0.05) is 35.0 Å². The summed E-state index contributed by atoms with van der Waals surface area (Å²) in [6.45, 7) is 3.84. The molecular formula is C18H22BrNO3. The number of esters is 1. The number of carbonyl (C=O) groups is 2. The standard InChI is InChI=1S/C18H22BrNO3/c1-3-12(2)23-18(22)16-7-5-4-6-15(16)17(21)20-14-10-8-13(19)9-11-14/h4-5,8-12,15-16H,3,6-7H2,1-2H3,(H,20,21)/t12-,15+,16+/m1/s1. The molecule has 0 aliphatic heterocycles. The van der Waals surface area contributed by atoms with Crippen LogP contribution in [0.4, 0.5) is 5.69 Å². The van der Waals surface area contributed by atoms with Gasteiger partial charge in [-0.15, -0.1) is 0 Å². The number of halogens is 1. The number of allylic oxidation sites excluding steroid dienone is 2. The fraction of sp³-hybridized carbons (Fsp3) is 0.444. The maximum atomic E-state index is 12.6. The second kappa shape index (κ2) is 8.29. The van der Waals surface area contributed by atoms with Gasteiger partial charge in [0.2, 0.25) is 5.91 Å². The fourth-order valence-electron chi connectivity index (χ4n) is 2.50. The van der Waals surface area contributed by atoms with Crippen LogP contribution in [0.1, 0.15) is 33.1 Å². The Balaban J connectivity index is 2.05. The van der Waals surface area contributed by atoms with Gasteiger partial charge in [0.25, 0.3) is 0 Å². The lowest BCUT2D eigenvalue weighted by Gasteiger charge is -2.27. The molecule has 0 aromatic heterocycles. The fourth-order valence-corrected chi connectivity index (χ4v) is 2.77. The number of amides is 1. The zero-order valence-corrected chi connectivity index (χ0v) is 15.0. The number of hydrogen-bond donors (Lipinski definition) is 1. The molecule has 0 spiro atoms. The molecular weight excluding hydrogens is 358 g/mol. The van der Waals surface area contributed by atoms with Crippen molar-refractivity contribution in [3.05, 3.63) is 40.9 Å². The lowest BCUT2D eigenvalue weighted by molar-refractivity contribution is -0.157. The highest BCUT2D eigenvalue weighted by molar-refractivity contribution is 9.10. The third kappa shape index (κ3) is 4.93. The Morgan fingerprint density at radius 2 is 1.83 bits per heavy atom. The van der Waals surface area contributed by atoms with Crippen molar-refractivity contribution in [1.82, 2.24) is 0 Å². The van der Waals surface area contributed by atoms with E-state index in [2.05, 4.69) is 21.2 Å². The Labute approximate surface area is 145 Å². The molecule has 0 saturated heterocycles. The van der Waals surface area contributed by atoms with Crippen LogP contribution in [0.5, 0.6) is 0 Å². The van der Waals surface area contributed by atoms with Crippen molar-refractivity contribution in [2.24, 2.45) is 11.8 Å². The average molecular weight is 380 g/mol. The smallest absolute Gasteiger partial charge is 0.310 e. The minimum atomic E-state index is -0.413. The second-order valence-corrected chi connectivity index (χ2v) is 6.72. The summed E-state index contributed by atoms with van der Waals surface area (Å²) in [5.74, 6) is -1.22. The molecule has 0 unspecified atom stereocenters. The van der Waals surface area contributed by atoms with Gasteiger partial charge >= 0.3 is 5.97 Å². The Morgan fingerprint density at radius 3 is 2.43 bits per heavy atom. The van der Waals surface area contributed by atoms with E-state index in [1.54, 1.807) is 0 Å². The largest absolute Gasteiger partial charge is 0.462 e. The molecule has 1 N–H and O–H groups in total. The normalized spacial score (nSPS) is 21.5. The number of rotatable bonds is 5. The molecule has 124 valence electrons. The van der Waals surface area contributed by atoms with E-state index < -0.39 is 5.92 Å². The molecule has 4 nitrogen and oxygen atoms in total. The van der Waals surface area contributed by atoms with Gasteiger partial charge in [-0.25, -0.2) is 0 Å². The van der Waals surface area contributed by atoms with Crippen LogP contribution in [0.2, 0.25) is 0 Å². The summed E-state index contributed by atoms with van der Waals surface area (Å²) in [5, 5.41) is 2.89. The maximum Gasteiger partial charge on any atom is 0.310 e. The molecule has 0 heterocycles. The topological polar surface area (TPSA) is 55.4 Å². The van der Waals surface area contributed by atoms with Gasteiger partial charge in [-0.2, -0.15) is 0 Å². The molecule has 0 saturated carbocycles. The van der Waals surface area contributed by atoms with Crippen LogP contribution in [-0.2, 0) is 14.3 Å². The molecule has 3 atom stereocenters. The van der Waals surface area contributed by atoms with E-state index in [0.717, 1.165) is 16.6 Å². The summed E-state index contributed by atoms with van der Waals surface area (Å²) in [7, 11) is 0. The summed E-state index contributed by atoms with van der Waals surface area (Å²) < 4.78 is 6.38. The molecule has 0 bridgehead atoms. The van der Waals surface area contributed by atoms with E-state index in [9.17, 15) is 9.59 Å². The summed E-state index contributed by atoms with van der Waals surface area (Å²) in [5.41, 5.74) is 0.724. The van der Waals surface area contributed by atoms with Crippen molar-refractivity contribution < 1.29 is 14.3 Å². The maximum absolute atomic E-state index is 12.6. The molecule has 1 aromatic carbocycles. The summed E-state index contributed by atoms with van der Waals surface area (Å²) in [6.07, 6.45) is 5.66. The van der Waals surface area contributed by atoms with Crippen LogP contribution in [-0.4, -0.2) is 18.0 Å². The van der Waals surface area contributed by atoms with Crippen molar-refractivity contribution >= 4 is 33.5 Å². The zero-order valence-electron chi connectivity index (χ0n) is 13.4. The first-order valence-electron chi connectivity index (χ1n) is 7.93. The van der Waals surface area contributed by atoms with E-state index in [-0.39, 0.29) is 23.9 Å². The zero-order chi connectivity index (χ0) is 16.8. The third-order valence-corrected chi connectivity index (χ3v) is 4.60. The highest BCUT2D eigenvalue weighted by Gasteiger charge is 2.35. The number of anilines is 1. The van der Waals surface area contributed by atoms with Crippen LogP contribution in [0, 0.1) is 11.8 Å². The number of ether oxygens (including phenoxy) is 1. The molecule has 0 radical (unpaired) electrons. The van der Waals surface area contributed by atoms with Gasteiger partial charge in [0.1, 0.15) is 0 Å². The minimum Gasteiger partial charge on any atom is -0.462 e. The molecule has 2 rings (SSSR count). The SMILES string of the molecule is CC[C@@H](C)OC(=O)[C@H]1CC=CC[C@@H]1C(=O)Nc1ccc(Br)cc1. The van der Waals surface area contributed by atoms with Crippen molar-refractivity contribution in [3.63, 3.8) is 0 Å². The first-order chi connectivity index (χ1) is 11.0. The van der Waals surface area contributed by atoms with E-state index >= 15 is 0 Å². The molecule has 1 aromatic rings. The van der Waals surface area contributed by atoms with E-state index in [1.165, 1.54) is 0 Å². The lowest BCUT2D eigenvalue weighted by Crippen LogP contribution is -2.36. The first-order valence-corrected chi connectivity index (χ1v) is 8.72. The van der Waals surface area contributed by atoms with Crippen LogP contribution >= 0.6 is 15.9 Å². The average Bonchev–Trinajstić information content (AvgIpc) is 2.56. The Morgan fingerprint density at radius 1 is 1.22 bits per heavy atom. The van der Waals surface area contributed by atoms with Crippen molar-refractivity contribution in [2.45, 2.75) is 39.2 Å². The van der Waals surface area contributed by atoms with E-state index in [4.69, 9.17) is 4.74 Å².